The molecule has 0 saturated carbocycles. The van der Waals surface area contributed by atoms with Crippen molar-refractivity contribution in [2.24, 2.45) is 0 Å². The highest BCUT2D eigenvalue weighted by Crippen LogP contribution is 2.25. The molecule has 0 saturated heterocycles. The molecule has 0 fully saturated rings. The monoisotopic (exact) mass is 207 g/mol. The van der Waals surface area contributed by atoms with Gasteiger partial charge < -0.3 is 4.98 Å². The van der Waals surface area contributed by atoms with Crippen molar-refractivity contribution < 1.29 is 0 Å². The average molecular weight is 207 g/mol. The Bertz CT molecular complexity index is 634. The average Bonchev–Trinajstić information content (AvgIpc) is 2.75. The molecule has 1 nitrogen and oxygen atoms in total. The van der Waals surface area contributed by atoms with Gasteiger partial charge in [0.15, 0.2) is 0 Å². The number of fused-ring (bicyclic) bond motifs is 1. The Labute approximate surface area is 94.7 Å². The summed E-state index contributed by atoms with van der Waals surface area (Å²) in [5.41, 5.74) is 3.75. The highest BCUT2D eigenvalue weighted by atomic mass is 14.7. The Morgan fingerprint density at radius 2 is 1.69 bits per heavy atom. The number of aromatic nitrogens is 1. The maximum absolute atomic E-state index is 3.29. The van der Waals surface area contributed by atoms with Gasteiger partial charge in [-0.15, -0.1) is 0 Å². The van der Waals surface area contributed by atoms with E-state index in [2.05, 4.69) is 60.4 Å². The van der Waals surface area contributed by atoms with Crippen molar-refractivity contribution in [3.05, 3.63) is 60.3 Å². The Morgan fingerprint density at radius 3 is 2.44 bits per heavy atom. The fraction of sp³-hybridized carbons (Fsp3) is 0.0667. The predicted molar refractivity (Wildman–Crippen MR) is 68.5 cm³/mol. The van der Waals surface area contributed by atoms with Crippen molar-refractivity contribution in [1.29, 1.82) is 0 Å². The van der Waals surface area contributed by atoms with Crippen LogP contribution in [0, 0.1) is 6.92 Å². The number of rotatable bonds is 1. The minimum atomic E-state index is 1.21. The molecule has 2 aromatic carbocycles. The van der Waals surface area contributed by atoms with E-state index in [0.717, 1.165) is 0 Å². The molecule has 0 aliphatic heterocycles. The first kappa shape index (κ1) is 9.22. The molecule has 3 rings (SSSR count). The van der Waals surface area contributed by atoms with E-state index in [1.54, 1.807) is 0 Å². The van der Waals surface area contributed by atoms with Crippen LogP contribution in [-0.4, -0.2) is 4.98 Å². The molecular formula is C15H13N. The molecule has 0 aliphatic carbocycles. The Morgan fingerprint density at radius 1 is 0.875 bits per heavy atom. The number of nitrogens with one attached hydrogen (secondary N) is 1. The summed E-state index contributed by atoms with van der Waals surface area (Å²) in [6.45, 7) is 2.13. The van der Waals surface area contributed by atoms with E-state index in [0.29, 0.717) is 0 Å². The van der Waals surface area contributed by atoms with Gasteiger partial charge in [0.2, 0.25) is 0 Å². The lowest BCUT2D eigenvalue weighted by atomic mass is 10.0. The van der Waals surface area contributed by atoms with Crippen LogP contribution in [0.5, 0.6) is 0 Å². The summed E-state index contributed by atoms with van der Waals surface area (Å²) in [7, 11) is 0. The molecular weight excluding hydrogens is 194 g/mol. The van der Waals surface area contributed by atoms with E-state index in [1.807, 2.05) is 6.20 Å². The second-order valence-corrected chi connectivity index (χ2v) is 4.10. The van der Waals surface area contributed by atoms with Crippen molar-refractivity contribution in [3.8, 4) is 11.3 Å². The van der Waals surface area contributed by atoms with E-state index < -0.39 is 0 Å². The number of H-pyrrole nitrogens is 1. The quantitative estimate of drug-likeness (QED) is 0.617. The fourth-order valence-electron chi connectivity index (χ4n) is 2.10. The first-order valence-corrected chi connectivity index (χ1v) is 5.48. The molecule has 1 heteroatoms. The molecule has 0 atom stereocenters. The topological polar surface area (TPSA) is 15.8 Å². The molecule has 1 aromatic heterocycles. The van der Waals surface area contributed by atoms with Gasteiger partial charge in [0.05, 0.1) is 0 Å². The molecule has 0 amide bonds. The minimum absolute atomic E-state index is 1.21. The fourth-order valence-corrected chi connectivity index (χ4v) is 2.10. The van der Waals surface area contributed by atoms with Crippen molar-refractivity contribution in [1.82, 2.24) is 4.98 Å². The summed E-state index contributed by atoms with van der Waals surface area (Å²) in [5, 5.41) is 2.57. The standard InChI is InChI=1S/C15H13N/c1-11-8-9-16-15(11)14-7-6-12-4-2-3-5-13(12)10-14/h2-10,16H,1H3. The first-order valence-electron chi connectivity index (χ1n) is 5.48. The highest BCUT2D eigenvalue weighted by molar-refractivity contribution is 5.87. The van der Waals surface area contributed by atoms with Gasteiger partial charge in [-0.3, -0.25) is 0 Å². The maximum Gasteiger partial charge on any atom is 0.0483 e. The predicted octanol–water partition coefficient (Wildman–Crippen LogP) is 4.14. The van der Waals surface area contributed by atoms with Gasteiger partial charge in [-0.2, -0.15) is 0 Å². The van der Waals surface area contributed by atoms with Crippen molar-refractivity contribution in [2.45, 2.75) is 6.92 Å². The normalized spacial score (nSPS) is 10.8. The molecule has 0 radical (unpaired) electrons. The third-order valence-corrected chi connectivity index (χ3v) is 2.99. The summed E-state index contributed by atoms with van der Waals surface area (Å²) in [5.74, 6) is 0. The van der Waals surface area contributed by atoms with Crippen LogP contribution in [0.1, 0.15) is 5.56 Å². The van der Waals surface area contributed by atoms with Crippen molar-refractivity contribution in [2.75, 3.05) is 0 Å². The number of hydrogen-bond acceptors (Lipinski definition) is 0. The van der Waals surface area contributed by atoms with E-state index in [-0.39, 0.29) is 0 Å². The third-order valence-electron chi connectivity index (χ3n) is 2.99. The van der Waals surface area contributed by atoms with Crippen LogP contribution in [0.15, 0.2) is 54.7 Å². The summed E-state index contributed by atoms with van der Waals surface area (Å²) in [6, 6.07) is 17.1. The smallest absolute Gasteiger partial charge is 0.0483 e. The van der Waals surface area contributed by atoms with Crippen molar-refractivity contribution >= 4 is 10.8 Å². The van der Waals surface area contributed by atoms with Gasteiger partial charge in [0, 0.05) is 11.9 Å². The Hall–Kier alpha value is -2.02. The van der Waals surface area contributed by atoms with Gasteiger partial charge in [0.25, 0.3) is 0 Å². The first-order chi connectivity index (χ1) is 7.84. The van der Waals surface area contributed by atoms with Crippen LogP contribution < -0.4 is 0 Å². The number of hydrogen-bond donors (Lipinski definition) is 1. The van der Waals surface area contributed by atoms with Crippen LogP contribution >= 0.6 is 0 Å². The molecule has 16 heavy (non-hydrogen) atoms. The molecule has 78 valence electrons. The summed E-state index contributed by atoms with van der Waals surface area (Å²) < 4.78 is 0. The second kappa shape index (κ2) is 3.53. The highest BCUT2D eigenvalue weighted by Gasteiger charge is 2.02. The molecule has 3 aromatic rings. The minimum Gasteiger partial charge on any atom is -0.361 e. The lowest BCUT2D eigenvalue weighted by Crippen LogP contribution is -1.81. The van der Waals surface area contributed by atoms with Crippen LogP contribution in [-0.2, 0) is 0 Å². The maximum atomic E-state index is 3.29. The largest absolute Gasteiger partial charge is 0.361 e. The number of aromatic amines is 1. The van der Waals surface area contributed by atoms with Gasteiger partial charge in [-0.05, 0) is 41.0 Å². The van der Waals surface area contributed by atoms with E-state index >= 15 is 0 Å². The van der Waals surface area contributed by atoms with E-state index in [4.69, 9.17) is 0 Å². The molecule has 0 spiro atoms. The zero-order valence-electron chi connectivity index (χ0n) is 9.20. The zero-order chi connectivity index (χ0) is 11.0. The summed E-state index contributed by atoms with van der Waals surface area (Å²) in [6.07, 6.45) is 1.99. The third kappa shape index (κ3) is 1.41. The number of benzene rings is 2. The van der Waals surface area contributed by atoms with E-state index in [1.165, 1.54) is 27.6 Å². The molecule has 1 heterocycles. The SMILES string of the molecule is Cc1cc[nH]c1-c1ccc2ccccc2c1. The zero-order valence-corrected chi connectivity index (χ0v) is 9.20. The van der Waals surface area contributed by atoms with Gasteiger partial charge in [0.1, 0.15) is 0 Å². The van der Waals surface area contributed by atoms with Gasteiger partial charge in [-0.25, -0.2) is 0 Å². The Balaban J connectivity index is 2.23. The lowest BCUT2D eigenvalue weighted by molar-refractivity contribution is 1.38. The number of aryl methyl sites for hydroxylation is 1. The van der Waals surface area contributed by atoms with Crippen LogP contribution in [0.4, 0.5) is 0 Å². The molecule has 0 unspecified atom stereocenters. The molecule has 0 bridgehead atoms. The van der Waals surface area contributed by atoms with Crippen LogP contribution in [0.25, 0.3) is 22.0 Å². The summed E-state index contributed by atoms with van der Waals surface area (Å²) in [4.78, 5) is 3.29. The Kier molecular flexibility index (Phi) is 2.03. The molecule has 1 N–H and O–H groups in total. The summed E-state index contributed by atoms with van der Waals surface area (Å²) >= 11 is 0. The van der Waals surface area contributed by atoms with Gasteiger partial charge >= 0.3 is 0 Å². The van der Waals surface area contributed by atoms with Crippen molar-refractivity contribution in [3.63, 3.8) is 0 Å². The molecule has 0 aliphatic rings. The van der Waals surface area contributed by atoms with Crippen LogP contribution in [0.2, 0.25) is 0 Å². The van der Waals surface area contributed by atoms with E-state index in [9.17, 15) is 0 Å². The van der Waals surface area contributed by atoms with Gasteiger partial charge in [-0.1, -0.05) is 36.4 Å². The van der Waals surface area contributed by atoms with Crippen LogP contribution in [0.3, 0.4) is 0 Å². The second-order valence-electron chi connectivity index (χ2n) is 4.10. The lowest BCUT2D eigenvalue weighted by Gasteiger charge is -2.03.